The highest BCUT2D eigenvalue weighted by Crippen LogP contribution is 2.17. The van der Waals surface area contributed by atoms with E-state index in [1.165, 1.54) is 25.7 Å². The summed E-state index contributed by atoms with van der Waals surface area (Å²) in [4.78, 5) is 11.7. The molecule has 0 saturated carbocycles. The third kappa shape index (κ3) is 9.16. The maximum absolute atomic E-state index is 11.7. The molecule has 0 aromatic carbocycles. The highest BCUT2D eigenvalue weighted by molar-refractivity contribution is 5.72. The second-order valence-corrected chi connectivity index (χ2v) is 4.90. The van der Waals surface area contributed by atoms with Crippen molar-refractivity contribution < 1.29 is 14.6 Å². The Morgan fingerprint density at radius 2 is 1.76 bits per heavy atom. The minimum Gasteiger partial charge on any atom is -0.463 e. The molecule has 0 aromatic rings. The van der Waals surface area contributed by atoms with Gasteiger partial charge in [0.25, 0.3) is 0 Å². The van der Waals surface area contributed by atoms with Crippen LogP contribution >= 0.6 is 0 Å². The van der Waals surface area contributed by atoms with Crippen LogP contribution in [-0.2, 0) is 9.53 Å². The molecule has 0 heterocycles. The summed E-state index contributed by atoms with van der Waals surface area (Å²) < 4.78 is 5.19. The average molecular weight is 244 g/mol. The Bertz CT molecular complexity index is 190. The standard InChI is InChI=1S/C14H28O3/c1-4-5-6-7-8-9-13(10-11-15)14(16)17-12(2)3/h12-13,15H,4-11H2,1-3H3. The Morgan fingerprint density at radius 1 is 1.12 bits per heavy atom. The van der Waals surface area contributed by atoms with Crippen molar-refractivity contribution in [1.82, 2.24) is 0 Å². The normalized spacial score (nSPS) is 12.8. The van der Waals surface area contributed by atoms with Crippen molar-refractivity contribution in [3.8, 4) is 0 Å². The summed E-state index contributed by atoms with van der Waals surface area (Å²) in [7, 11) is 0. The van der Waals surface area contributed by atoms with Gasteiger partial charge in [-0.1, -0.05) is 39.0 Å². The number of aliphatic hydroxyl groups excluding tert-OH is 1. The maximum atomic E-state index is 11.7. The Balaban J connectivity index is 3.84. The lowest BCUT2D eigenvalue weighted by molar-refractivity contribution is -0.153. The Morgan fingerprint density at radius 3 is 2.29 bits per heavy atom. The van der Waals surface area contributed by atoms with Gasteiger partial charge >= 0.3 is 5.97 Å². The van der Waals surface area contributed by atoms with E-state index in [4.69, 9.17) is 9.84 Å². The van der Waals surface area contributed by atoms with Crippen LogP contribution in [0.3, 0.4) is 0 Å². The van der Waals surface area contributed by atoms with Gasteiger partial charge in [-0.3, -0.25) is 4.79 Å². The summed E-state index contributed by atoms with van der Waals surface area (Å²) in [6.45, 7) is 5.96. The van der Waals surface area contributed by atoms with Gasteiger partial charge < -0.3 is 9.84 Å². The Kier molecular flexibility index (Phi) is 10.2. The van der Waals surface area contributed by atoms with Crippen molar-refractivity contribution in [2.24, 2.45) is 5.92 Å². The van der Waals surface area contributed by atoms with Gasteiger partial charge in [-0.15, -0.1) is 0 Å². The number of aliphatic hydroxyl groups is 1. The summed E-state index contributed by atoms with van der Waals surface area (Å²) in [6, 6.07) is 0. The van der Waals surface area contributed by atoms with E-state index in [0.29, 0.717) is 6.42 Å². The van der Waals surface area contributed by atoms with Gasteiger partial charge in [-0.2, -0.15) is 0 Å². The van der Waals surface area contributed by atoms with Crippen LogP contribution in [0.15, 0.2) is 0 Å². The van der Waals surface area contributed by atoms with E-state index >= 15 is 0 Å². The molecule has 1 unspecified atom stereocenters. The molecular formula is C14H28O3. The van der Waals surface area contributed by atoms with Crippen LogP contribution in [-0.4, -0.2) is 23.8 Å². The molecule has 1 atom stereocenters. The van der Waals surface area contributed by atoms with Crippen molar-refractivity contribution in [1.29, 1.82) is 0 Å². The second kappa shape index (κ2) is 10.6. The van der Waals surface area contributed by atoms with Crippen LogP contribution in [0, 0.1) is 5.92 Å². The van der Waals surface area contributed by atoms with E-state index < -0.39 is 0 Å². The highest BCUT2D eigenvalue weighted by Gasteiger charge is 2.19. The zero-order valence-corrected chi connectivity index (χ0v) is 11.6. The highest BCUT2D eigenvalue weighted by atomic mass is 16.5. The Hall–Kier alpha value is -0.570. The number of rotatable bonds is 10. The molecule has 0 aliphatic heterocycles. The lowest BCUT2D eigenvalue weighted by atomic mass is 9.97. The van der Waals surface area contributed by atoms with Crippen LogP contribution < -0.4 is 0 Å². The molecule has 0 aromatic heterocycles. The van der Waals surface area contributed by atoms with Gasteiger partial charge in [0, 0.05) is 6.61 Å². The van der Waals surface area contributed by atoms with E-state index in [1.807, 2.05) is 13.8 Å². The molecule has 0 amide bonds. The number of hydrogen-bond acceptors (Lipinski definition) is 3. The van der Waals surface area contributed by atoms with Crippen molar-refractivity contribution >= 4 is 5.97 Å². The zero-order valence-electron chi connectivity index (χ0n) is 11.6. The van der Waals surface area contributed by atoms with Gasteiger partial charge in [0.15, 0.2) is 0 Å². The number of ether oxygens (including phenoxy) is 1. The molecule has 0 bridgehead atoms. The first kappa shape index (κ1) is 16.4. The largest absolute Gasteiger partial charge is 0.463 e. The molecule has 1 N–H and O–H groups in total. The number of carbonyl (C=O) groups is 1. The predicted octanol–water partition coefficient (Wildman–Crippen LogP) is 3.30. The molecule has 0 radical (unpaired) electrons. The quantitative estimate of drug-likeness (QED) is 0.474. The van der Waals surface area contributed by atoms with Gasteiger partial charge in [0.1, 0.15) is 0 Å². The van der Waals surface area contributed by atoms with Crippen LogP contribution in [0.2, 0.25) is 0 Å². The lowest BCUT2D eigenvalue weighted by Gasteiger charge is -2.16. The van der Waals surface area contributed by atoms with Crippen molar-refractivity contribution in [3.05, 3.63) is 0 Å². The fourth-order valence-corrected chi connectivity index (χ4v) is 1.86. The van der Waals surface area contributed by atoms with Crippen molar-refractivity contribution in [3.63, 3.8) is 0 Å². The van der Waals surface area contributed by atoms with E-state index in [2.05, 4.69) is 6.92 Å². The zero-order chi connectivity index (χ0) is 13.1. The number of hydrogen-bond donors (Lipinski definition) is 1. The minimum atomic E-state index is -0.149. The SMILES string of the molecule is CCCCCCCC(CCO)C(=O)OC(C)C. The van der Waals surface area contributed by atoms with E-state index in [1.54, 1.807) is 0 Å². The molecule has 17 heavy (non-hydrogen) atoms. The summed E-state index contributed by atoms with van der Waals surface area (Å²) in [6.07, 6.45) is 7.26. The van der Waals surface area contributed by atoms with Crippen LogP contribution in [0.1, 0.15) is 65.7 Å². The van der Waals surface area contributed by atoms with E-state index in [-0.39, 0.29) is 24.6 Å². The molecule has 0 aliphatic rings. The van der Waals surface area contributed by atoms with Gasteiger partial charge in [0.05, 0.1) is 12.0 Å². The number of unbranched alkanes of at least 4 members (excludes halogenated alkanes) is 4. The topological polar surface area (TPSA) is 46.5 Å². The van der Waals surface area contributed by atoms with Crippen LogP contribution in [0.4, 0.5) is 0 Å². The number of esters is 1. The molecule has 3 heteroatoms. The maximum Gasteiger partial charge on any atom is 0.309 e. The van der Waals surface area contributed by atoms with E-state index in [0.717, 1.165) is 12.8 Å². The first-order chi connectivity index (χ1) is 8.11. The first-order valence-corrected chi connectivity index (χ1v) is 6.93. The van der Waals surface area contributed by atoms with Crippen molar-refractivity contribution in [2.45, 2.75) is 71.8 Å². The summed E-state index contributed by atoms with van der Waals surface area (Å²) >= 11 is 0. The smallest absolute Gasteiger partial charge is 0.309 e. The fraction of sp³-hybridized carbons (Fsp3) is 0.929. The van der Waals surface area contributed by atoms with Gasteiger partial charge in [-0.25, -0.2) is 0 Å². The second-order valence-electron chi connectivity index (χ2n) is 4.90. The summed E-state index contributed by atoms with van der Waals surface area (Å²) in [5, 5.41) is 8.95. The fourth-order valence-electron chi connectivity index (χ4n) is 1.86. The Labute approximate surface area is 106 Å². The summed E-state index contributed by atoms with van der Waals surface area (Å²) in [5.41, 5.74) is 0. The minimum absolute atomic E-state index is 0.0623. The predicted molar refractivity (Wildman–Crippen MR) is 69.8 cm³/mol. The van der Waals surface area contributed by atoms with Crippen LogP contribution in [0.25, 0.3) is 0 Å². The van der Waals surface area contributed by atoms with Crippen LogP contribution in [0.5, 0.6) is 0 Å². The third-order valence-corrected chi connectivity index (χ3v) is 2.82. The number of carbonyl (C=O) groups excluding carboxylic acids is 1. The molecule has 0 spiro atoms. The third-order valence-electron chi connectivity index (χ3n) is 2.82. The van der Waals surface area contributed by atoms with Gasteiger partial charge in [0.2, 0.25) is 0 Å². The van der Waals surface area contributed by atoms with Gasteiger partial charge in [-0.05, 0) is 26.7 Å². The lowest BCUT2D eigenvalue weighted by Crippen LogP contribution is -2.22. The molecule has 0 fully saturated rings. The summed E-state index contributed by atoms with van der Waals surface area (Å²) in [5.74, 6) is -0.270. The molecular weight excluding hydrogens is 216 g/mol. The molecule has 3 nitrogen and oxygen atoms in total. The molecule has 0 aliphatic carbocycles. The molecule has 0 rings (SSSR count). The first-order valence-electron chi connectivity index (χ1n) is 6.93. The molecule has 102 valence electrons. The van der Waals surface area contributed by atoms with Crippen molar-refractivity contribution in [2.75, 3.05) is 6.61 Å². The average Bonchev–Trinajstić information content (AvgIpc) is 2.26. The van der Waals surface area contributed by atoms with E-state index in [9.17, 15) is 4.79 Å². The molecule has 0 saturated heterocycles. The monoisotopic (exact) mass is 244 g/mol.